The highest BCUT2D eigenvalue weighted by molar-refractivity contribution is 5.86. The van der Waals surface area contributed by atoms with Gasteiger partial charge in [-0.25, -0.2) is 0 Å². The predicted molar refractivity (Wildman–Crippen MR) is 116 cm³/mol. The van der Waals surface area contributed by atoms with Crippen LogP contribution in [0.4, 0.5) is 0 Å². The molecule has 2 amide bonds. The lowest BCUT2D eigenvalue weighted by molar-refractivity contribution is -0.162. The van der Waals surface area contributed by atoms with Gasteiger partial charge >= 0.3 is 11.9 Å². The minimum atomic E-state index is -0.669. The number of aliphatic hydroxyl groups excluding tert-OH is 1. The number of cyclic esters (lactones) is 1. The Labute approximate surface area is 189 Å². The van der Waals surface area contributed by atoms with Gasteiger partial charge in [0.2, 0.25) is 11.8 Å². The van der Waals surface area contributed by atoms with Gasteiger partial charge in [0.1, 0.15) is 12.2 Å². The third kappa shape index (κ3) is 8.26. The molecular weight excluding hydrogens is 416 g/mol. The average Bonchev–Trinajstić information content (AvgIpc) is 3.17. The van der Waals surface area contributed by atoms with Crippen LogP contribution in [0.25, 0.3) is 0 Å². The smallest absolute Gasteiger partial charge is 0.309 e. The van der Waals surface area contributed by atoms with Gasteiger partial charge in [0.05, 0.1) is 30.9 Å². The quantitative estimate of drug-likeness (QED) is 0.460. The van der Waals surface area contributed by atoms with Gasteiger partial charge in [0.15, 0.2) is 0 Å². The number of fused-ring (bicyclic) bond motifs is 1. The minimum Gasteiger partial charge on any atom is -0.463 e. The molecule has 9 nitrogen and oxygen atoms in total. The van der Waals surface area contributed by atoms with Gasteiger partial charge in [-0.3, -0.25) is 19.2 Å². The molecule has 0 radical (unpaired) electrons. The van der Waals surface area contributed by atoms with E-state index in [1.54, 1.807) is 37.8 Å². The number of hydrogen-bond donors (Lipinski definition) is 2. The van der Waals surface area contributed by atoms with Crippen LogP contribution in [-0.4, -0.2) is 71.7 Å². The molecule has 2 aliphatic heterocycles. The van der Waals surface area contributed by atoms with Gasteiger partial charge in [0.25, 0.3) is 0 Å². The summed E-state index contributed by atoms with van der Waals surface area (Å²) in [5.41, 5.74) is -0.642. The van der Waals surface area contributed by atoms with Crippen LogP contribution in [-0.2, 0) is 28.7 Å². The maximum absolute atomic E-state index is 13.1. The van der Waals surface area contributed by atoms with Crippen molar-refractivity contribution < 1.29 is 33.8 Å². The summed E-state index contributed by atoms with van der Waals surface area (Å²) in [5.74, 6) is -2.56. The van der Waals surface area contributed by atoms with Gasteiger partial charge in [-0.1, -0.05) is 12.2 Å². The second-order valence-corrected chi connectivity index (χ2v) is 9.36. The van der Waals surface area contributed by atoms with Crippen molar-refractivity contribution in [3.8, 4) is 0 Å². The van der Waals surface area contributed by atoms with Crippen molar-refractivity contribution in [2.24, 2.45) is 11.8 Å². The molecule has 0 aromatic heterocycles. The molecule has 0 unspecified atom stereocenters. The minimum absolute atomic E-state index is 0.0213. The van der Waals surface area contributed by atoms with E-state index in [0.717, 1.165) is 12.8 Å². The largest absolute Gasteiger partial charge is 0.463 e. The second-order valence-electron chi connectivity index (χ2n) is 9.36. The molecule has 2 N–H and O–H groups in total. The highest BCUT2D eigenvalue weighted by atomic mass is 16.6. The van der Waals surface area contributed by atoms with Crippen LogP contribution in [0.5, 0.6) is 0 Å². The number of esters is 2. The number of hydrogen-bond acceptors (Lipinski definition) is 7. The monoisotopic (exact) mass is 452 g/mol. The summed E-state index contributed by atoms with van der Waals surface area (Å²) in [5, 5.41) is 11.5. The number of carbonyl (C=O) groups excluding carboxylic acids is 4. The van der Waals surface area contributed by atoms with Crippen LogP contribution in [0.3, 0.4) is 0 Å². The number of amides is 2. The number of carbonyl (C=O) groups is 4. The summed E-state index contributed by atoms with van der Waals surface area (Å²) in [4.78, 5) is 52.0. The van der Waals surface area contributed by atoms with Crippen molar-refractivity contribution in [3.05, 3.63) is 12.2 Å². The van der Waals surface area contributed by atoms with Crippen molar-refractivity contribution >= 4 is 23.8 Å². The molecule has 3 atom stereocenters. The van der Waals surface area contributed by atoms with Crippen molar-refractivity contribution in [1.29, 1.82) is 0 Å². The zero-order chi connectivity index (χ0) is 23.7. The van der Waals surface area contributed by atoms with Crippen LogP contribution in [0, 0.1) is 11.8 Å². The lowest BCUT2D eigenvalue weighted by Gasteiger charge is -2.29. The van der Waals surface area contributed by atoms with Gasteiger partial charge in [-0.05, 0) is 46.5 Å². The molecule has 0 bridgehead atoms. The number of ether oxygens (including phenoxy) is 2. The predicted octanol–water partition coefficient (Wildman–Crippen LogP) is 1.33. The van der Waals surface area contributed by atoms with E-state index in [1.165, 1.54) is 0 Å². The summed E-state index contributed by atoms with van der Waals surface area (Å²) >= 11 is 0. The summed E-state index contributed by atoms with van der Waals surface area (Å²) in [7, 11) is 0. The zero-order valence-electron chi connectivity index (χ0n) is 19.3. The zero-order valence-corrected chi connectivity index (χ0v) is 19.3. The van der Waals surface area contributed by atoms with Crippen molar-refractivity contribution in [2.45, 2.75) is 70.9 Å². The maximum atomic E-state index is 13.1. The van der Waals surface area contributed by atoms with Gasteiger partial charge in [-0.2, -0.15) is 0 Å². The summed E-state index contributed by atoms with van der Waals surface area (Å²) < 4.78 is 10.9. The fourth-order valence-corrected chi connectivity index (χ4v) is 3.96. The van der Waals surface area contributed by atoms with Gasteiger partial charge < -0.3 is 24.8 Å². The Bertz CT molecular complexity index is 714. The molecule has 1 fully saturated rings. The van der Waals surface area contributed by atoms with E-state index in [2.05, 4.69) is 5.32 Å². The van der Waals surface area contributed by atoms with E-state index in [4.69, 9.17) is 14.6 Å². The first-order chi connectivity index (χ1) is 15.1. The Balaban J connectivity index is 2.14. The Morgan fingerprint density at radius 3 is 2.53 bits per heavy atom. The SMILES string of the molecule is CC(C)(C)OC(=O)C[C@H]1C/C=C/C[C@H](CC(=O)NCCO)C(=O)N2CCC[C@@H]2COC1=O. The van der Waals surface area contributed by atoms with E-state index in [0.29, 0.717) is 13.0 Å². The number of aliphatic hydroxyl groups is 1. The van der Waals surface area contributed by atoms with Crippen molar-refractivity contribution in [1.82, 2.24) is 10.2 Å². The molecule has 0 spiro atoms. The van der Waals surface area contributed by atoms with Crippen molar-refractivity contribution in [2.75, 3.05) is 26.3 Å². The third-order valence-corrected chi connectivity index (χ3v) is 5.47. The van der Waals surface area contributed by atoms with Crippen LogP contribution in [0.15, 0.2) is 12.2 Å². The summed E-state index contributed by atoms with van der Waals surface area (Å²) in [6.07, 6.45) is 5.62. The first kappa shape index (κ1) is 25.8. The maximum Gasteiger partial charge on any atom is 0.309 e. The Kier molecular flexibility index (Phi) is 9.68. The molecular formula is C23H36N2O7. The highest BCUT2D eigenvalue weighted by Crippen LogP contribution is 2.25. The van der Waals surface area contributed by atoms with Crippen LogP contribution >= 0.6 is 0 Å². The summed E-state index contributed by atoms with van der Waals surface area (Å²) in [6.45, 7) is 5.92. The fourth-order valence-electron chi connectivity index (χ4n) is 3.96. The molecule has 2 aliphatic rings. The molecule has 0 saturated carbocycles. The van der Waals surface area contributed by atoms with E-state index in [-0.39, 0.29) is 56.9 Å². The lowest BCUT2D eigenvalue weighted by atomic mass is 9.96. The van der Waals surface area contributed by atoms with Crippen LogP contribution < -0.4 is 5.32 Å². The van der Waals surface area contributed by atoms with E-state index in [1.807, 2.05) is 0 Å². The third-order valence-electron chi connectivity index (χ3n) is 5.47. The molecule has 2 rings (SSSR count). The number of rotatable bonds is 6. The van der Waals surface area contributed by atoms with Crippen LogP contribution in [0.2, 0.25) is 0 Å². The Morgan fingerprint density at radius 2 is 1.88 bits per heavy atom. The number of nitrogens with zero attached hydrogens (tertiary/aromatic N) is 1. The highest BCUT2D eigenvalue weighted by Gasteiger charge is 2.35. The topological polar surface area (TPSA) is 122 Å². The first-order valence-electron chi connectivity index (χ1n) is 11.3. The molecule has 180 valence electrons. The van der Waals surface area contributed by atoms with E-state index >= 15 is 0 Å². The second kappa shape index (κ2) is 12.0. The average molecular weight is 453 g/mol. The number of allylic oxidation sites excluding steroid dienone is 2. The Hall–Kier alpha value is -2.42. The molecule has 2 heterocycles. The fraction of sp³-hybridized carbons (Fsp3) is 0.739. The standard InChI is InChI=1S/C23H36N2O7/c1-23(2,3)32-20(28)14-17-8-5-4-7-16(13-19(27)24-10-12-26)21(29)25-11-6-9-18(25)15-31-22(17)30/h4-5,16-18,26H,6-15H2,1-3H3,(H,24,27)/b5-4+/t16-,17-,18-/m1/s1. The number of nitrogens with one attached hydrogen (secondary N) is 1. The molecule has 0 aliphatic carbocycles. The van der Waals surface area contributed by atoms with E-state index < -0.39 is 29.4 Å². The van der Waals surface area contributed by atoms with Gasteiger partial charge in [0, 0.05) is 19.5 Å². The first-order valence-corrected chi connectivity index (χ1v) is 11.3. The molecule has 32 heavy (non-hydrogen) atoms. The van der Waals surface area contributed by atoms with E-state index in [9.17, 15) is 19.2 Å². The molecule has 0 aromatic rings. The summed E-state index contributed by atoms with van der Waals surface area (Å²) in [6, 6.07) is -0.236. The van der Waals surface area contributed by atoms with Crippen LogP contribution in [0.1, 0.15) is 59.3 Å². The lowest BCUT2D eigenvalue weighted by Crippen LogP contribution is -2.44. The molecule has 1 saturated heterocycles. The molecule has 9 heteroatoms. The van der Waals surface area contributed by atoms with Crippen molar-refractivity contribution in [3.63, 3.8) is 0 Å². The van der Waals surface area contributed by atoms with Gasteiger partial charge in [-0.15, -0.1) is 0 Å². The Morgan fingerprint density at radius 1 is 1.19 bits per heavy atom. The normalized spacial score (nSPS) is 25.8. The molecule has 0 aromatic carbocycles.